The minimum Gasteiger partial charge on any atom is -0.356 e. The Labute approximate surface area is 67.7 Å². The Bertz CT molecular complexity index is 163. The molecule has 1 unspecified atom stereocenters. The molecular weight excluding hydrogens is 138 g/mol. The molecule has 0 heterocycles. The minimum atomic E-state index is 0.0731. The number of carbonyl (C=O) groups excluding carboxylic acids is 1. The van der Waals surface area contributed by atoms with Gasteiger partial charge in [-0.05, 0) is 25.2 Å². The van der Waals surface area contributed by atoms with Gasteiger partial charge in [-0.25, -0.2) is 0 Å². The molecule has 0 radical (unpaired) electrons. The van der Waals surface area contributed by atoms with E-state index in [0.717, 1.165) is 6.54 Å². The fourth-order valence-electron chi connectivity index (χ4n) is 1.33. The Kier molecular flexibility index (Phi) is 3.14. The number of rotatable bonds is 2. The maximum Gasteiger partial charge on any atom is 0.216 e. The third-order valence-electron chi connectivity index (χ3n) is 1.97. The second-order valence-electron chi connectivity index (χ2n) is 3.06. The summed E-state index contributed by atoms with van der Waals surface area (Å²) in [5.74, 6) is 0.650. The van der Waals surface area contributed by atoms with Crippen molar-refractivity contribution in [3.8, 4) is 0 Å². The van der Waals surface area contributed by atoms with E-state index in [2.05, 4.69) is 17.5 Å². The lowest BCUT2D eigenvalue weighted by molar-refractivity contribution is -0.119. The van der Waals surface area contributed by atoms with Crippen molar-refractivity contribution in [3.63, 3.8) is 0 Å². The van der Waals surface area contributed by atoms with Crippen molar-refractivity contribution >= 4 is 5.91 Å². The van der Waals surface area contributed by atoms with Crippen molar-refractivity contribution < 1.29 is 4.79 Å². The first-order valence-corrected chi connectivity index (χ1v) is 4.20. The maximum atomic E-state index is 10.6. The standard InChI is InChI=1S/C9H15NO/c1-8(11)10-7-9-5-3-2-4-6-9/h3,5,9H,2,4,6-7H2,1H3,(H,10,11). The molecule has 1 rings (SSSR count). The summed E-state index contributed by atoms with van der Waals surface area (Å²) in [6.07, 6.45) is 8.10. The Morgan fingerprint density at radius 3 is 3.09 bits per heavy atom. The van der Waals surface area contributed by atoms with E-state index in [0.29, 0.717) is 5.92 Å². The molecule has 1 N–H and O–H groups in total. The van der Waals surface area contributed by atoms with Gasteiger partial charge in [-0.15, -0.1) is 0 Å². The van der Waals surface area contributed by atoms with E-state index >= 15 is 0 Å². The fraction of sp³-hybridized carbons (Fsp3) is 0.667. The minimum absolute atomic E-state index is 0.0731. The summed E-state index contributed by atoms with van der Waals surface area (Å²) in [5, 5.41) is 2.83. The summed E-state index contributed by atoms with van der Waals surface area (Å²) in [6.45, 7) is 2.37. The fourth-order valence-corrected chi connectivity index (χ4v) is 1.33. The molecule has 62 valence electrons. The average molecular weight is 153 g/mol. The van der Waals surface area contributed by atoms with Gasteiger partial charge in [0.05, 0.1) is 0 Å². The van der Waals surface area contributed by atoms with Gasteiger partial charge in [0, 0.05) is 13.5 Å². The van der Waals surface area contributed by atoms with Gasteiger partial charge in [0.25, 0.3) is 0 Å². The van der Waals surface area contributed by atoms with Crippen molar-refractivity contribution in [3.05, 3.63) is 12.2 Å². The van der Waals surface area contributed by atoms with E-state index in [1.54, 1.807) is 6.92 Å². The number of nitrogens with one attached hydrogen (secondary N) is 1. The van der Waals surface area contributed by atoms with Crippen molar-refractivity contribution in [2.24, 2.45) is 5.92 Å². The molecule has 2 heteroatoms. The Balaban J connectivity index is 2.20. The Morgan fingerprint density at radius 1 is 1.73 bits per heavy atom. The van der Waals surface area contributed by atoms with Crippen LogP contribution in [0.5, 0.6) is 0 Å². The first-order chi connectivity index (χ1) is 5.29. The van der Waals surface area contributed by atoms with E-state index in [1.165, 1.54) is 19.3 Å². The average Bonchev–Trinajstić information content (AvgIpc) is 2.03. The quantitative estimate of drug-likeness (QED) is 0.598. The van der Waals surface area contributed by atoms with Crippen LogP contribution in [0.15, 0.2) is 12.2 Å². The third kappa shape index (κ3) is 3.21. The zero-order valence-electron chi connectivity index (χ0n) is 6.97. The van der Waals surface area contributed by atoms with Crippen LogP contribution in [0.4, 0.5) is 0 Å². The maximum absolute atomic E-state index is 10.6. The van der Waals surface area contributed by atoms with Gasteiger partial charge < -0.3 is 5.32 Å². The van der Waals surface area contributed by atoms with Gasteiger partial charge in [-0.2, -0.15) is 0 Å². The highest BCUT2D eigenvalue weighted by Crippen LogP contribution is 2.15. The van der Waals surface area contributed by atoms with Crippen LogP contribution in [0.3, 0.4) is 0 Å². The van der Waals surface area contributed by atoms with Crippen molar-refractivity contribution in [1.82, 2.24) is 5.32 Å². The van der Waals surface area contributed by atoms with Crippen LogP contribution in [0.1, 0.15) is 26.2 Å². The SMILES string of the molecule is CC(=O)NCC1C=CCCC1. The van der Waals surface area contributed by atoms with Crippen LogP contribution in [-0.4, -0.2) is 12.5 Å². The molecule has 2 nitrogen and oxygen atoms in total. The predicted molar refractivity (Wildman–Crippen MR) is 45.2 cm³/mol. The molecule has 1 amide bonds. The summed E-state index contributed by atoms with van der Waals surface area (Å²) >= 11 is 0. The normalized spacial score (nSPS) is 23.2. The van der Waals surface area contributed by atoms with Crippen molar-refractivity contribution in [1.29, 1.82) is 0 Å². The van der Waals surface area contributed by atoms with Gasteiger partial charge in [0.1, 0.15) is 0 Å². The predicted octanol–water partition coefficient (Wildman–Crippen LogP) is 1.48. The highest BCUT2D eigenvalue weighted by atomic mass is 16.1. The van der Waals surface area contributed by atoms with Crippen LogP contribution < -0.4 is 5.32 Å². The lowest BCUT2D eigenvalue weighted by atomic mass is 9.96. The molecule has 0 saturated carbocycles. The largest absolute Gasteiger partial charge is 0.356 e. The van der Waals surface area contributed by atoms with Crippen LogP contribution in [0.2, 0.25) is 0 Å². The second-order valence-corrected chi connectivity index (χ2v) is 3.06. The molecule has 0 aromatic rings. The van der Waals surface area contributed by atoms with Gasteiger partial charge in [0.15, 0.2) is 0 Å². The monoisotopic (exact) mass is 153 g/mol. The van der Waals surface area contributed by atoms with Crippen molar-refractivity contribution in [2.45, 2.75) is 26.2 Å². The molecule has 11 heavy (non-hydrogen) atoms. The summed E-state index contributed by atoms with van der Waals surface area (Å²) < 4.78 is 0. The summed E-state index contributed by atoms with van der Waals surface area (Å²) in [6, 6.07) is 0. The lowest BCUT2D eigenvalue weighted by Gasteiger charge is -2.15. The topological polar surface area (TPSA) is 29.1 Å². The summed E-state index contributed by atoms with van der Waals surface area (Å²) in [4.78, 5) is 10.6. The van der Waals surface area contributed by atoms with Crippen LogP contribution in [-0.2, 0) is 4.79 Å². The molecule has 0 saturated heterocycles. The van der Waals surface area contributed by atoms with E-state index < -0.39 is 0 Å². The smallest absolute Gasteiger partial charge is 0.216 e. The van der Waals surface area contributed by atoms with E-state index in [1.807, 2.05) is 0 Å². The van der Waals surface area contributed by atoms with E-state index in [-0.39, 0.29) is 5.91 Å². The first-order valence-electron chi connectivity index (χ1n) is 4.20. The molecule has 0 fully saturated rings. The number of hydrogen-bond donors (Lipinski definition) is 1. The highest BCUT2D eigenvalue weighted by Gasteiger charge is 2.07. The van der Waals surface area contributed by atoms with Gasteiger partial charge in [-0.1, -0.05) is 12.2 Å². The molecule has 1 aliphatic carbocycles. The Morgan fingerprint density at radius 2 is 2.55 bits per heavy atom. The molecule has 0 bridgehead atoms. The second kappa shape index (κ2) is 4.16. The van der Waals surface area contributed by atoms with E-state index in [4.69, 9.17) is 0 Å². The number of amides is 1. The van der Waals surface area contributed by atoms with Crippen molar-refractivity contribution in [2.75, 3.05) is 6.54 Å². The van der Waals surface area contributed by atoms with Crippen LogP contribution in [0, 0.1) is 5.92 Å². The number of carbonyl (C=O) groups is 1. The molecule has 1 atom stereocenters. The van der Waals surface area contributed by atoms with E-state index in [9.17, 15) is 4.79 Å². The molecule has 0 aromatic carbocycles. The summed E-state index contributed by atoms with van der Waals surface area (Å²) in [5.41, 5.74) is 0. The zero-order valence-corrected chi connectivity index (χ0v) is 6.97. The highest BCUT2D eigenvalue weighted by molar-refractivity contribution is 5.72. The Hall–Kier alpha value is -0.790. The molecular formula is C9H15NO. The molecule has 1 aliphatic rings. The van der Waals surface area contributed by atoms with Crippen LogP contribution in [0.25, 0.3) is 0 Å². The molecule has 0 aromatic heterocycles. The molecule has 0 spiro atoms. The third-order valence-corrected chi connectivity index (χ3v) is 1.97. The molecule has 0 aliphatic heterocycles. The van der Waals surface area contributed by atoms with Gasteiger partial charge in [0.2, 0.25) is 5.91 Å². The number of allylic oxidation sites excluding steroid dienone is 1. The first kappa shape index (κ1) is 8.31. The lowest BCUT2D eigenvalue weighted by Crippen LogP contribution is -2.26. The van der Waals surface area contributed by atoms with Crippen LogP contribution >= 0.6 is 0 Å². The summed E-state index contributed by atoms with van der Waals surface area (Å²) in [7, 11) is 0. The van der Waals surface area contributed by atoms with Gasteiger partial charge in [-0.3, -0.25) is 4.79 Å². The van der Waals surface area contributed by atoms with Gasteiger partial charge >= 0.3 is 0 Å². The zero-order chi connectivity index (χ0) is 8.10. The number of hydrogen-bond acceptors (Lipinski definition) is 1.